The van der Waals surface area contributed by atoms with Crippen molar-refractivity contribution in [1.82, 2.24) is 4.98 Å². The highest BCUT2D eigenvalue weighted by Crippen LogP contribution is 2.17. The van der Waals surface area contributed by atoms with E-state index < -0.39 is 11.9 Å². The van der Waals surface area contributed by atoms with E-state index in [0.717, 1.165) is 5.56 Å². The summed E-state index contributed by atoms with van der Waals surface area (Å²) in [6, 6.07) is 9.85. The van der Waals surface area contributed by atoms with Crippen molar-refractivity contribution >= 4 is 5.97 Å². The Labute approximate surface area is 110 Å². The molecule has 0 aliphatic carbocycles. The molecule has 98 valence electrons. The van der Waals surface area contributed by atoms with Crippen molar-refractivity contribution in [1.29, 1.82) is 0 Å². The first-order valence-electron chi connectivity index (χ1n) is 6.02. The molecule has 0 bridgehead atoms. The second-order valence-corrected chi connectivity index (χ2v) is 4.40. The van der Waals surface area contributed by atoms with Gasteiger partial charge in [0.1, 0.15) is 5.82 Å². The molecule has 0 saturated carbocycles. The summed E-state index contributed by atoms with van der Waals surface area (Å²) in [5.41, 5.74) is 1.27. The van der Waals surface area contributed by atoms with Crippen LogP contribution in [0.5, 0.6) is 0 Å². The summed E-state index contributed by atoms with van der Waals surface area (Å²) in [6.07, 6.45) is 3.79. The lowest BCUT2D eigenvalue weighted by Crippen LogP contribution is -2.19. The number of pyridine rings is 1. The Morgan fingerprint density at radius 3 is 2.63 bits per heavy atom. The van der Waals surface area contributed by atoms with Crippen molar-refractivity contribution < 1.29 is 14.3 Å². The average Bonchev–Trinajstić information content (AvgIpc) is 2.41. The third-order valence-corrected chi connectivity index (χ3v) is 2.98. The number of carbonyl (C=O) groups is 1. The van der Waals surface area contributed by atoms with E-state index in [4.69, 9.17) is 0 Å². The van der Waals surface area contributed by atoms with Crippen molar-refractivity contribution in [2.45, 2.75) is 12.8 Å². The summed E-state index contributed by atoms with van der Waals surface area (Å²) >= 11 is 0. The molecule has 0 amide bonds. The van der Waals surface area contributed by atoms with Crippen LogP contribution in [-0.2, 0) is 17.6 Å². The van der Waals surface area contributed by atoms with E-state index in [1.54, 1.807) is 36.7 Å². The molecular weight excluding hydrogens is 245 g/mol. The Morgan fingerprint density at radius 1 is 1.21 bits per heavy atom. The third-order valence-electron chi connectivity index (χ3n) is 2.98. The van der Waals surface area contributed by atoms with Crippen LogP contribution in [0.1, 0.15) is 11.1 Å². The average molecular weight is 259 g/mol. The monoisotopic (exact) mass is 259 g/mol. The second kappa shape index (κ2) is 6.09. The Kier molecular flexibility index (Phi) is 4.23. The van der Waals surface area contributed by atoms with Gasteiger partial charge in [0.05, 0.1) is 5.92 Å². The lowest BCUT2D eigenvalue weighted by atomic mass is 9.93. The molecule has 0 aliphatic heterocycles. The number of nitrogens with zero attached hydrogens (tertiary/aromatic N) is 1. The Bertz CT molecular complexity index is 557. The molecule has 0 fully saturated rings. The predicted octanol–water partition coefficient (Wildman–Crippen LogP) is 2.71. The molecule has 3 nitrogen and oxygen atoms in total. The van der Waals surface area contributed by atoms with Crippen molar-refractivity contribution in [2.24, 2.45) is 5.92 Å². The first kappa shape index (κ1) is 13.2. The Morgan fingerprint density at radius 2 is 2.00 bits per heavy atom. The number of benzene rings is 1. The summed E-state index contributed by atoms with van der Waals surface area (Å²) in [5.74, 6) is -1.94. The lowest BCUT2D eigenvalue weighted by Gasteiger charge is -2.12. The maximum absolute atomic E-state index is 13.5. The topological polar surface area (TPSA) is 50.2 Å². The Balaban J connectivity index is 2.13. The van der Waals surface area contributed by atoms with Gasteiger partial charge in [-0.15, -0.1) is 0 Å². The molecule has 2 aromatic rings. The number of halogens is 1. The van der Waals surface area contributed by atoms with E-state index >= 15 is 0 Å². The van der Waals surface area contributed by atoms with Gasteiger partial charge in [-0.2, -0.15) is 0 Å². The Hall–Kier alpha value is -2.23. The highest BCUT2D eigenvalue weighted by Gasteiger charge is 2.20. The quantitative estimate of drug-likeness (QED) is 0.898. The van der Waals surface area contributed by atoms with Crippen LogP contribution in [0.15, 0.2) is 48.8 Å². The van der Waals surface area contributed by atoms with Crippen molar-refractivity contribution in [3.05, 3.63) is 65.7 Å². The molecule has 1 heterocycles. The molecular formula is C15H14FNO2. The summed E-state index contributed by atoms with van der Waals surface area (Å²) < 4.78 is 13.5. The van der Waals surface area contributed by atoms with E-state index in [2.05, 4.69) is 4.98 Å². The molecule has 1 aromatic carbocycles. The second-order valence-electron chi connectivity index (χ2n) is 4.40. The van der Waals surface area contributed by atoms with Crippen molar-refractivity contribution in [2.75, 3.05) is 0 Å². The molecule has 0 saturated heterocycles. The molecule has 0 aliphatic rings. The number of rotatable bonds is 5. The van der Waals surface area contributed by atoms with Gasteiger partial charge in [-0.05, 0) is 36.1 Å². The first-order chi connectivity index (χ1) is 9.16. The fraction of sp³-hybridized carbons (Fsp3) is 0.200. The molecule has 1 aromatic heterocycles. The van der Waals surface area contributed by atoms with Crippen LogP contribution in [0, 0.1) is 11.7 Å². The van der Waals surface area contributed by atoms with E-state index in [0.29, 0.717) is 12.0 Å². The van der Waals surface area contributed by atoms with Crippen LogP contribution in [-0.4, -0.2) is 16.1 Å². The maximum atomic E-state index is 13.5. The fourth-order valence-corrected chi connectivity index (χ4v) is 1.98. The SMILES string of the molecule is O=C(O)C(Cc1cccnc1)Cc1ccccc1F. The van der Waals surface area contributed by atoms with Gasteiger partial charge in [-0.3, -0.25) is 9.78 Å². The highest BCUT2D eigenvalue weighted by atomic mass is 19.1. The molecule has 19 heavy (non-hydrogen) atoms. The molecule has 0 spiro atoms. The minimum atomic E-state index is -0.924. The van der Waals surface area contributed by atoms with E-state index in [1.807, 2.05) is 6.07 Å². The van der Waals surface area contributed by atoms with Gasteiger partial charge < -0.3 is 5.11 Å². The standard InChI is InChI=1S/C15H14FNO2/c16-14-6-2-1-5-12(14)9-13(15(18)19)8-11-4-3-7-17-10-11/h1-7,10,13H,8-9H2,(H,18,19). The number of hydrogen-bond acceptors (Lipinski definition) is 2. The van der Waals surface area contributed by atoms with Crippen LogP contribution in [0.2, 0.25) is 0 Å². The van der Waals surface area contributed by atoms with Gasteiger partial charge in [0.15, 0.2) is 0 Å². The molecule has 1 unspecified atom stereocenters. The first-order valence-corrected chi connectivity index (χ1v) is 6.02. The van der Waals surface area contributed by atoms with Gasteiger partial charge in [0.2, 0.25) is 0 Å². The lowest BCUT2D eigenvalue weighted by molar-refractivity contribution is -0.141. The van der Waals surface area contributed by atoms with Crippen LogP contribution < -0.4 is 0 Å². The summed E-state index contributed by atoms with van der Waals surface area (Å²) in [4.78, 5) is 15.2. The largest absolute Gasteiger partial charge is 0.481 e. The van der Waals surface area contributed by atoms with Crippen LogP contribution in [0.3, 0.4) is 0 Å². The number of carboxylic acids is 1. The molecule has 1 N–H and O–H groups in total. The van der Waals surface area contributed by atoms with E-state index in [9.17, 15) is 14.3 Å². The molecule has 2 rings (SSSR count). The number of aromatic nitrogens is 1. The van der Waals surface area contributed by atoms with Crippen LogP contribution in [0.25, 0.3) is 0 Å². The highest BCUT2D eigenvalue weighted by molar-refractivity contribution is 5.70. The van der Waals surface area contributed by atoms with Gasteiger partial charge >= 0.3 is 5.97 Å². The zero-order valence-corrected chi connectivity index (χ0v) is 10.3. The fourth-order valence-electron chi connectivity index (χ4n) is 1.98. The minimum Gasteiger partial charge on any atom is -0.481 e. The van der Waals surface area contributed by atoms with Gasteiger partial charge in [-0.1, -0.05) is 24.3 Å². The van der Waals surface area contributed by atoms with Gasteiger partial charge in [-0.25, -0.2) is 4.39 Å². The van der Waals surface area contributed by atoms with Crippen LogP contribution >= 0.6 is 0 Å². The predicted molar refractivity (Wildman–Crippen MR) is 69.2 cm³/mol. The zero-order valence-electron chi connectivity index (χ0n) is 10.3. The number of hydrogen-bond donors (Lipinski definition) is 1. The van der Waals surface area contributed by atoms with Gasteiger partial charge in [0, 0.05) is 12.4 Å². The summed E-state index contributed by atoms with van der Waals surface area (Å²) in [5, 5.41) is 9.24. The third kappa shape index (κ3) is 3.61. The van der Waals surface area contributed by atoms with E-state index in [1.165, 1.54) is 6.07 Å². The van der Waals surface area contributed by atoms with Crippen molar-refractivity contribution in [3.8, 4) is 0 Å². The summed E-state index contributed by atoms with van der Waals surface area (Å²) in [6.45, 7) is 0. The smallest absolute Gasteiger partial charge is 0.307 e. The zero-order chi connectivity index (χ0) is 13.7. The van der Waals surface area contributed by atoms with Crippen molar-refractivity contribution in [3.63, 3.8) is 0 Å². The minimum absolute atomic E-state index is 0.177. The molecule has 0 radical (unpaired) electrons. The molecule has 4 heteroatoms. The number of aliphatic carboxylic acids is 1. The number of carboxylic acid groups (broad SMARTS) is 1. The maximum Gasteiger partial charge on any atom is 0.307 e. The summed E-state index contributed by atoms with van der Waals surface area (Å²) in [7, 11) is 0. The van der Waals surface area contributed by atoms with Crippen LogP contribution in [0.4, 0.5) is 4.39 Å². The van der Waals surface area contributed by atoms with E-state index in [-0.39, 0.29) is 12.2 Å². The normalized spacial score (nSPS) is 12.1. The van der Waals surface area contributed by atoms with Gasteiger partial charge in [0.25, 0.3) is 0 Å². The molecule has 1 atom stereocenters.